The second-order valence-electron chi connectivity index (χ2n) is 8.07. The molecular formula is C26H23ClN6O. The molecule has 7 nitrogen and oxygen atoms in total. The zero-order chi connectivity index (χ0) is 23.7. The molecule has 2 aromatic carbocycles. The van der Waals surface area contributed by atoms with Crippen molar-refractivity contribution in [1.82, 2.24) is 24.5 Å². The Kier molecular flexibility index (Phi) is 5.86. The minimum Gasteiger partial charge on any atom is -0.319 e. The number of benzene rings is 2. The number of fused-ring (bicyclic) bond motifs is 1. The third-order valence-corrected chi connectivity index (χ3v) is 5.87. The van der Waals surface area contributed by atoms with Crippen molar-refractivity contribution in [2.24, 2.45) is 0 Å². The molecule has 0 aliphatic rings. The molecule has 8 heteroatoms. The summed E-state index contributed by atoms with van der Waals surface area (Å²) in [6.07, 6.45) is 5.41. The van der Waals surface area contributed by atoms with Crippen LogP contribution in [0.2, 0.25) is 5.02 Å². The van der Waals surface area contributed by atoms with E-state index in [1.54, 1.807) is 17.1 Å². The number of hydrogen-bond donors (Lipinski definition) is 1. The highest BCUT2D eigenvalue weighted by Crippen LogP contribution is 2.27. The van der Waals surface area contributed by atoms with Gasteiger partial charge in [0.25, 0.3) is 5.91 Å². The van der Waals surface area contributed by atoms with E-state index in [2.05, 4.69) is 15.5 Å². The minimum absolute atomic E-state index is 0.220. The summed E-state index contributed by atoms with van der Waals surface area (Å²) in [7, 11) is 0. The van der Waals surface area contributed by atoms with Crippen LogP contribution in [0.3, 0.4) is 0 Å². The molecule has 0 bridgehead atoms. The van der Waals surface area contributed by atoms with E-state index < -0.39 is 0 Å². The minimum atomic E-state index is -0.220. The Morgan fingerprint density at radius 1 is 1.06 bits per heavy atom. The van der Waals surface area contributed by atoms with Crippen LogP contribution in [0.4, 0.5) is 5.69 Å². The monoisotopic (exact) mass is 470 g/mol. The fourth-order valence-electron chi connectivity index (χ4n) is 3.97. The standard InChI is InChI=1S/C26H23ClN6O/c1-3-32-16-23(17(2)31-32)25-12-22(21-9-4-5-10-24(21)30-25)26(34)29-20-13-28-33(15-20)14-18-7-6-8-19(27)11-18/h4-13,15-16H,3,14H2,1-2H3,(H,29,34). The molecular weight excluding hydrogens is 448 g/mol. The Morgan fingerprint density at radius 3 is 2.71 bits per heavy atom. The van der Waals surface area contributed by atoms with E-state index in [9.17, 15) is 4.79 Å². The highest BCUT2D eigenvalue weighted by molar-refractivity contribution is 6.30. The molecule has 0 radical (unpaired) electrons. The molecule has 0 fully saturated rings. The zero-order valence-electron chi connectivity index (χ0n) is 18.9. The van der Waals surface area contributed by atoms with Crippen LogP contribution in [0.5, 0.6) is 0 Å². The second kappa shape index (κ2) is 9.11. The Morgan fingerprint density at radius 2 is 1.91 bits per heavy atom. The predicted molar refractivity (Wildman–Crippen MR) is 134 cm³/mol. The maximum Gasteiger partial charge on any atom is 0.256 e. The molecule has 1 N–H and O–H groups in total. The highest BCUT2D eigenvalue weighted by atomic mass is 35.5. The molecule has 1 amide bonds. The van der Waals surface area contributed by atoms with Crippen molar-refractivity contribution < 1.29 is 4.79 Å². The van der Waals surface area contributed by atoms with E-state index in [-0.39, 0.29) is 5.91 Å². The van der Waals surface area contributed by atoms with Crippen LogP contribution in [-0.4, -0.2) is 30.5 Å². The van der Waals surface area contributed by atoms with Gasteiger partial charge in [-0.3, -0.25) is 14.2 Å². The van der Waals surface area contributed by atoms with Crippen LogP contribution in [0.1, 0.15) is 28.5 Å². The lowest BCUT2D eigenvalue weighted by Crippen LogP contribution is -2.13. The molecule has 0 saturated heterocycles. The predicted octanol–water partition coefficient (Wildman–Crippen LogP) is 5.58. The van der Waals surface area contributed by atoms with Gasteiger partial charge in [0, 0.05) is 34.9 Å². The number of halogens is 1. The molecule has 0 spiro atoms. The van der Waals surface area contributed by atoms with Gasteiger partial charge in [-0.15, -0.1) is 0 Å². The van der Waals surface area contributed by atoms with Gasteiger partial charge in [-0.25, -0.2) is 4.98 Å². The van der Waals surface area contributed by atoms with E-state index in [1.807, 2.05) is 79.3 Å². The molecule has 170 valence electrons. The number of carbonyl (C=O) groups excluding carboxylic acids is 1. The van der Waals surface area contributed by atoms with E-state index >= 15 is 0 Å². The van der Waals surface area contributed by atoms with E-state index in [0.717, 1.165) is 40.0 Å². The molecule has 0 atom stereocenters. The van der Waals surface area contributed by atoms with Gasteiger partial charge in [-0.05, 0) is 43.7 Å². The number of pyridine rings is 1. The summed E-state index contributed by atoms with van der Waals surface area (Å²) in [6.45, 7) is 5.31. The maximum absolute atomic E-state index is 13.4. The average Bonchev–Trinajstić information content (AvgIpc) is 3.44. The number of anilines is 1. The summed E-state index contributed by atoms with van der Waals surface area (Å²) in [5.41, 5.74) is 5.45. The van der Waals surface area contributed by atoms with Gasteiger partial charge in [-0.2, -0.15) is 10.2 Å². The number of nitrogens with one attached hydrogen (secondary N) is 1. The first-order valence-corrected chi connectivity index (χ1v) is 11.4. The van der Waals surface area contributed by atoms with Gasteiger partial charge in [0.2, 0.25) is 0 Å². The van der Waals surface area contributed by atoms with E-state index in [4.69, 9.17) is 16.6 Å². The van der Waals surface area contributed by atoms with Crippen molar-refractivity contribution >= 4 is 34.1 Å². The van der Waals surface area contributed by atoms with Crippen molar-refractivity contribution in [3.05, 3.63) is 95.0 Å². The van der Waals surface area contributed by atoms with E-state index in [0.29, 0.717) is 22.8 Å². The first-order chi connectivity index (χ1) is 16.5. The molecule has 0 aliphatic heterocycles. The Labute approximate surface area is 202 Å². The van der Waals surface area contributed by atoms with Gasteiger partial charge >= 0.3 is 0 Å². The Bertz CT molecular complexity index is 1500. The number of carbonyl (C=O) groups is 1. The van der Waals surface area contributed by atoms with Gasteiger partial charge in [0.1, 0.15) is 0 Å². The number of hydrogen-bond acceptors (Lipinski definition) is 4. The highest BCUT2D eigenvalue weighted by Gasteiger charge is 2.17. The smallest absolute Gasteiger partial charge is 0.256 e. The third kappa shape index (κ3) is 4.43. The lowest BCUT2D eigenvalue weighted by Gasteiger charge is -2.09. The van der Waals surface area contributed by atoms with Crippen LogP contribution in [0.25, 0.3) is 22.2 Å². The molecule has 5 rings (SSSR count). The van der Waals surface area contributed by atoms with Crippen molar-refractivity contribution in [1.29, 1.82) is 0 Å². The van der Waals surface area contributed by atoms with Crippen LogP contribution in [0.15, 0.2) is 73.2 Å². The zero-order valence-corrected chi connectivity index (χ0v) is 19.6. The quantitative estimate of drug-likeness (QED) is 0.351. The summed E-state index contributed by atoms with van der Waals surface area (Å²) in [5.74, 6) is -0.220. The van der Waals surface area contributed by atoms with Gasteiger partial charge < -0.3 is 5.32 Å². The third-order valence-electron chi connectivity index (χ3n) is 5.63. The van der Waals surface area contributed by atoms with Crippen molar-refractivity contribution in [3.8, 4) is 11.3 Å². The number of amides is 1. The number of nitrogens with zero attached hydrogens (tertiary/aromatic N) is 5. The topological polar surface area (TPSA) is 77.6 Å². The van der Waals surface area contributed by atoms with Crippen LogP contribution in [0, 0.1) is 6.92 Å². The van der Waals surface area contributed by atoms with Crippen molar-refractivity contribution in [2.75, 3.05) is 5.32 Å². The van der Waals surface area contributed by atoms with Crippen molar-refractivity contribution in [2.45, 2.75) is 26.9 Å². The normalized spacial score (nSPS) is 11.1. The molecule has 0 aliphatic carbocycles. The average molecular weight is 471 g/mol. The first-order valence-electron chi connectivity index (χ1n) is 11.0. The van der Waals surface area contributed by atoms with Crippen LogP contribution < -0.4 is 5.32 Å². The number of aromatic nitrogens is 5. The molecule has 0 unspecified atom stereocenters. The summed E-state index contributed by atoms with van der Waals surface area (Å²) in [5, 5.41) is 13.3. The largest absolute Gasteiger partial charge is 0.319 e. The SMILES string of the molecule is CCn1cc(-c2cc(C(=O)Nc3cnn(Cc4cccc(Cl)c4)c3)c3ccccc3n2)c(C)n1. The molecule has 3 aromatic heterocycles. The maximum atomic E-state index is 13.4. The van der Waals surface area contributed by atoms with Crippen LogP contribution in [-0.2, 0) is 13.1 Å². The van der Waals surface area contributed by atoms with E-state index in [1.165, 1.54) is 0 Å². The van der Waals surface area contributed by atoms with Crippen molar-refractivity contribution in [3.63, 3.8) is 0 Å². The number of para-hydroxylation sites is 1. The number of rotatable bonds is 6. The Hall–Kier alpha value is -3.97. The summed E-state index contributed by atoms with van der Waals surface area (Å²) in [4.78, 5) is 18.2. The Balaban J connectivity index is 1.45. The van der Waals surface area contributed by atoms with Crippen LogP contribution >= 0.6 is 11.6 Å². The molecule has 3 heterocycles. The molecule has 34 heavy (non-hydrogen) atoms. The summed E-state index contributed by atoms with van der Waals surface area (Å²) in [6, 6.07) is 17.1. The summed E-state index contributed by atoms with van der Waals surface area (Å²) < 4.78 is 3.63. The molecule has 5 aromatic rings. The fourth-order valence-corrected chi connectivity index (χ4v) is 4.18. The number of aryl methyl sites for hydroxylation is 2. The van der Waals surface area contributed by atoms with Gasteiger partial charge in [-0.1, -0.05) is 41.9 Å². The van der Waals surface area contributed by atoms with Gasteiger partial charge in [0.05, 0.1) is 40.9 Å². The van der Waals surface area contributed by atoms with Gasteiger partial charge in [0.15, 0.2) is 0 Å². The lowest BCUT2D eigenvalue weighted by atomic mass is 10.0. The summed E-state index contributed by atoms with van der Waals surface area (Å²) >= 11 is 6.08. The second-order valence-corrected chi connectivity index (χ2v) is 8.50. The first kappa shape index (κ1) is 21.9. The fraction of sp³-hybridized carbons (Fsp3) is 0.154. The lowest BCUT2D eigenvalue weighted by molar-refractivity contribution is 0.102. The molecule has 0 saturated carbocycles.